The molecule has 184 valence electrons. The Hall–Kier alpha value is -2.54. The SMILES string of the molecule is O=C(NCCCN1CCN(c2cccc(C(F)(F)F)c2)CC1)C1(c2ccccc2)CCCCC1. The molecule has 0 bridgehead atoms. The summed E-state index contributed by atoms with van der Waals surface area (Å²) in [5, 5.41) is 3.20. The fourth-order valence-electron chi connectivity index (χ4n) is 5.34. The van der Waals surface area contributed by atoms with Crippen LogP contribution in [0.15, 0.2) is 54.6 Å². The van der Waals surface area contributed by atoms with E-state index in [-0.39, 0.29) is 5.91 Å². The number of carbonyl (C=O) groups excluding carboxylic acids is 1. The number of anilines is 1. The monoisotopic (exact) mass is 473 g/mol. The Morgan fingerprint density at radius 2 is 1.62 bits per heavy atom. The summed E-state index contributed by atoms with van der Waals surface area (Å²) < 4.78 is 39.0. The summed E-state index contributed by atoms with van der Waals surface area (Å²) >= 11 is 0. The van der Waals surface area contributed by atoms with Crippen molar-refractivity contribution in [1.29, 1.82) is 0 Å². The van der Waals surface area contributed by atoms with Crippen LogP contribution in [0.4, 0.5) is 18.9 Å². The van der Waals surface area contributed by atoms with Crippen molar-refractivity contribution in [3.8, 4) is 0 Å². The van der Waals surface area contributed by atoms with Crippen LogP contribution in [0, 0.1) is 0 Å². The molecule has 1 N–H and O–H groups in total. The van der Waals surface area contributed by atoms with Gasteiger partial charge in [-0.25, -0.2) is 0 Å². The zero-order valence-corrected chi connectivity index (χ0v) is 19.6. The van der Waals surface area contributed by atoms with Crippen LogP contribution in [0.2, 0.25) is 0 Å². The Labute approximate surface area is 200 Å². The van der Waals surface area contributed by atoms with Gasteiger partial charge >= 0.3 is 6.18 Å². The second-order valence-corrected chi connectivity index (χ2v) is 9.50. The number of nitrogens with zero attached hydrogens (tertiary/aromatic N) is 2. The van der Waals surface area contributed by atoms with E-state index in [0.29, 0.717) is 25.3 Å². The van der Waals surface area contributed by atoms with Crippen molar-refractivity contribution in [3.63, 3.8) is 0 Å². The third-order valence-electron chi connectivity index (χ3n) is 7.32. The molecular formula is C27H34F3N3O. The molecule has 2 aromatic rings. The zero-order chi connectivity index (χ0) is 24.0. The van der Waals surface area contributed by atoms with Crippen molar-refractivity contribution < 1.29 is 18.0 Å². The second kappa shape index (κ2) is 10.8. The van der Waals surface area contributed by atoms with Crippen LogP contribution < -0.4 is 10.2 Å². The molecule has 0 spiro atoms. The molecule has 2 fully saturated rings. The van der Waals surface area contributed by atoms with Crippen LogP contribution in [-0.4, -0.2) is 50.1 Å². The van der Waals surface area contributed by atoms with E-state index < -0.39 is 17.2 Å². The number of hydrogen-bond donors (Lipinski definition) is 1. The lowest BCUT2D eigenvalue weighted by molar-refractivity contribution is -0.137. The number of piperazine rings is 1. The van der Waals surface area contributed by atoms with Gasteiger partial charge in [0, 0.05) is 38.4 Å². The molecule has 0 radical (unpaired) electrons. The minimum atomic E-state index is -4.32. The molecule has 0 atom stereocenters. The number of carbonyl (C=O) groups is 1. The molecule has 1 heterocycles. The van der Waals surface area contributed by atoms with E-state index in [4.69, 9.17) is 0 Å². The predicted molar refractivity (Wildman–Crippen MR) is 129 cm³/mol. The van der Waals surface area contributed by atoms with Gasteiger partial charge in [0.05, 0.1) is 11.0 Å². The lowest BCUT2D eigenvalue weighted by atomic mass is 9.68. The van der Waals surface area contributed by atoms with Crippen molar-refractivity contribution in [3.05, 3.63) is 65.7 Å². The topological polar surface area (TPSA) is 35.6 Å². The van der Waals surface area contributed by atoms with Gasteiger partial charge in [0.25, 0.3) is 0 Å². The van der Waals surface area contributed by atoms with Gasteiger partial charge in [-0.3, -0.25) is 9.69 Å². The highest BCUT2D eigenvalue weighted by molar-refractivity contribution is 5.88. The first kappa shape index (κ1) is 24.6. The average Bonchev–Trinajstić information content (AvgIpc) is 2.87. The Morgan fingerprint density at radius 3 is 2.29 bits per heavy atom. The first-order chi connectivity index (χ1) is 16.4. The summed E-state index contributed by atoms with van der Waals surface area (Å²) in [5.74, 6) is 0.146. The molecule has 1 aliphatic heterocycles. The number of nitrogens with one attached hydrogen (secondary N) is 1. The van der Waals surface area contributed by atoms with Crippen LogP contribution in [0.25, 0.3) is 0 Å². The number of halogens is 3. The van der Waals surface area contributed by atoms with Gasteiger partial charge in [-0.05, 0) is 49.6 Å². The second-order valence-electron chi connectivity index (χ2n) is 9.50. The summed E-state index contributed by atoms with van der Waals surface area (Å²) in [6.07, 6.45) is 1.70. The molecule has 0 unspecified atom stereocenters. The number of benzene rings is 2. The smallest absolute Gasteiger partial charge is 0.369 e. The number of amides is 1. The van der Waals surface area contributed by atoms with Crippen molar-refractivity contribution in [2.45, 2.75) is 50.1 Å². The van der Waals surface area contributed by atoms with Crippen LogP contribution >= 0.6 is 0 Å². The fourth-order valence-corrected chi connectivity index (χ4v) is 5.34. The first-order valence-electron chi connectivity index (χ1n) is 12.4. The third kappa shape index (κ3) is 5.74. The summed E-state index contributed by atoms with van der Waals surface area (Å²) in [6, 6.07) is 15.7. The van der Waals surface area contributed by atoms with Gasteiger partial charge < -0.3 is 10.2 Å². The molecule has 2 aliphatic rings. The molecule has 7 heteroatoms. The molecule has 1 aliphatic carbocycles. The quantitative estimate of drug-likeness (QED) is 0.559. The molecule has 34 heavy (non-hydrogen) atoms. The molecule has 1 saturated carbocycles. The Kier molecular flexibility index (Phi) is 7.81. The number of rotatable bonds is 7. The maximum absolute atomic E-state index is 13.3. The van der Waals surface area contributed by atoms with E-state index in [1.807, 2.05) is 23.1 Å². The summed E-state index contributed by atoms with van der Waals surface area (Å²) in [6.45, 7) is 4.52. The summed E-state index contributed by atoms with van der Waals surface area (Å²) in [7, 11) is 0. The van der Waals surface area contributed by atoms with Gasteiger partial charge in [0.1, 0.15) is 0 Å². The Bertz CT molecular complexity index is 934. The Balaban J connectivity index is 1.23. The van der Waals surface area contributed by atoms with Crippen molar-refractivity contribution in [2.24, 2.45) is 0 Å². The third-order valence-corrected chi connectivity index (χ3v) is 7.32. The molecule has 0 aromatic heterocycles. The van der Waals surface area contributed by atoms with Crippen molar-refractivity contribution in [2.75, 3.05) is 44.2 Å². The maximum Gasteiger partial charge on any atom is 0.416 e. The van der Waals surface area contributed by atoms with Crippen molar-refractivity contribution in [1.82, 2.24) is 10.2 Å². The highest BCUT2D eigenvalue weighted by Gasteiger charge is 2.40. The van der Waals surface area contributed by atoms with E-state index in [0.717, 1.165) is 63.4 Å². The number of hydrogen-bond acceptors (Lipinski definition) is 3. The molecule has 1 saturated heterocycles. The van der Waals surface area contributed by atoms with Crippen LogP contribution in [0.5, 0.6) is 0 Å². The van der Waals surface area contributed by atoms with E-state index in [1.54, 1.807) is 6.07 Å². The van der Waals surface area contributed by atoms with Gasteiger partial charge in [-0.1, -0.05) is 55.7 Å². The highest BCUT2D eigenvalue weighted by Crippen LogP contribution is 2.39. The summed E-state index contributed by atoms with van der Waals surface area (Å²) in [4.78, 5) is 17.6. The van der Waals surface area contributed by atoms with Gasteiger partial charge in [-0.15, -0.1) is 0 Å². The molecule has 2 aromatic carbocycles. The fraction of sp³-hybridized carbons (Fsp3) is 0.519. The average molecular weight is 474 g/mol. The highest BCUT2D eigenvalue weighted by atomic mass is 19.4. The number of alkyl halides is 3. The summed E-state index contributed by atoms with van der Waals surface area (Å²) in [5.41, 5.74) is 0.739. The van der Waals surface area contributed by atoms with Gasteiger partial charge in [0.15, 0.2) is 0 Å². The van der Waals surface area contributed by atoms with Crippen LogP contribution in [0.3, 0.4) is 0 Å². The molecule has 4 nitrogen and oxygen atoms in total. The lowest BCUT2D eigenvalue weighted by Crippen LogP contribution is -2.48. The van der Waals surface area contributed by atoms with Crippen LogP contribution in [0.1, 0.15) is 49.7 Å². The van der Waals surface area contributed by atoms with Crippen molar-refractivity contribution >= 4 is 11.6 Å². The minimum absolute atomic E-state index is 0.146. The first-order valence-corrected chi connectivity index (χ1v) is 12.4. The van der Waals surface area contributed by atoms with Crippen LogP contribution in [-0.2, 0) is 16.4 Å². The Morgan fingerprint density at radius 1 is 0.912 bits per heavy atom. The molecule has 4 rings (SSSR count). The van der Waals surface area contributed by atoms with E-state index in [9.17, 15) is 18.0 Å². The van der Waals surface area contributed by atoms with Gasteiger partial charge in [0.2, 0.25) is 5.91 Å². The van der Waals surface area contributed by atoms with E-state index in [1.165, 1.54) is 18.6 Å². The largest absolute Gasteiger partial charge is 0.416 e. The molecule has 1 amide bonds. The zero-order valence-electron chi connectivity index (χ0n) is 19.6. The maximum atomic E-state index is 13.3. The predicted octanol–water partition coefficient (Wildman–Crippen LogP) is 5.24. The van der Waals surface area contributed by atoms with E-state index >= 15 is 0 Å². The van der Waals surface area contributed by atoms with E-state index in [2.05, 4.69) is 22.3 Å². The minimum Gasteiger partial charge on any atom is -0.369 e. The standard InChI is InChI=1S/C27H34F3N3O/c28-27(29,30)23-11-7-12-24(21-23)33-19-17-32(18-20-33)16-8-15-31-25(34)26(13-5-2-6-14-26)22-9-3-1-4-10-22/h1,3-4,7,9-12,21H,2,5-6,8,13-20H2,(H,31,34). The molecular weight excluding hydrogens is 439 g/mol. The normalized spacial score (nSPS) is 19.1. The lowest BCUT2D eigenvalue weighted by Gasteiger charge is -2.37. The van der Waals surface area contributed by atoms with Gasteiger partial charge in [-0.2, -0.15) is 13.2 Å².